The van der Waals surface area contributed by atoms with Crippen LogP contribution in [0.25, 0.3) is 0 Å². The summed E-state index contributed by atoms with van der Waals surface area (Å²) in [6.07, 6.45) is 0.393. The van der Waals surface area contributed by atoms with Crippen molar-refractivity contribution in [3.05, 3.63) is 59.1 Å². The summed E-state index contributed by atoms with van der Waals surface area (Å²) in [6.45, 7) is 1.83. The molecule has 1 aliphatic rings. The molecule has 2 N–H and O–H groups in total. The first-order valence-corrected chi connectivity index (χ1v) is 10.7. The molecule has 32 heavy (non-hydrogen) atoms. The van der Waals surface area contributed by atoms with Gasteiger partial charge in [-0.15, -0.1) is 0 Å². The first kappa shape index (κ1) is 23.6. The molecule has 1 unspecified atom stereocenters. The molecule has 0 aliphatic carbocycles. The Balaban J connectivity index is 1.73. The minimum absolute atomic E-state index is 0.0129. The highest BCUT2D eigenvalue weighted by Crippen LogP contribution is 2.34. The molecule has 0 spiro atoms. The van der Waals surface area contributed by atoms with Crippen molar-refractivity contribution in [2.24, 2.45) is 0 Å². The van der Waals surface area contributed by atoms with Gasteiger partial charge >= 0.3 is 11.9 Å². The number of ether oxygens (including phenoxy) is 2. The third-order valence-corrected chi connectivity index (χ3v) is 5.31. The molecular weight excluding hydrogens is 436 g/mol. The number of esters is 1. The molecule has 2 atom stereocenters. The predicted molar refractivity (Wildman–Crippen MR) is 119 cm³/mol. The standard InChI is InChI=1S/C23H25ClN2O6/c1-2-31-23(30)17(15-6-4-3-5-7-15)10-11-25-18-14-32-20-9-8-16(24)12-19(20)26(22(18)29)13-21(27)28/h3-9,12,17-18,25H,2,10-11,13-14H2,1H3,(H,27,28)/t17?,18-/m0/s1. The van der Waals surface area contributed by atoms with Crippen LogP contribution in [0.4, 0.5) is 5.69 Å². The third kappa shape index (κ3) is 5.77. The maximum absolute atomic E-state index is 13.1. The lowest BCUT2D eigenvalue weighted by atomic mass is 9.95. The molecule has 9 heteroatoms. The Morgan fingerprint density at radius 2 is 2.03 bits per heavy atom. The van der Waals surface area contributed by atoms with Gasteiger partial charge in [0.1, 0.15) is 24.9 Å². The Morgan fingerprint density at radius 3 is 2.72 bits per heavy atom. The molecule has 1 amide bonds. The van der Waals surface area contributed by atoms with Crippen LogP contribution < -0.4 is 15.0 Å². The number of rotatable bonds is 9. The van der Waals surface area contributed by atoms with Crippen LogP contribution in [0.1, 0.15) is 24.8 Å². The van der Waals surface area contributed by atoms with Crippen LogP contribution in [0.15, 0.2) is 48.5 Å². The number of benzene rings is 2. The molecule has 1 aliphatic heterocycles. The molecule has 0 aromatic heterocycles. The van der Waals surface area contributed by atoms with Crippen molar-refractivity contribution >= 4 is 35.1 Å². The molecule has 2 aromatic carbocycles. The highest BCUT2D eigenvalue weighted by atomic mass is 35.5. The summed E-state index contributed by atoms with van der Waals surface area (Å²) in [5.74, 6) is -2.05. The minimum Gasteiger partial charge on any atom is -0.489 e. The number of hydrogen-bond acceptors (Lipinski definition) is 6. The number of nitrogens with one attached hydrogen (secondary N) is 1. The van der Waals surface area contributed by atoms with Crippen molar-refractivity contribution in [3.8, 4) is 5.75 Å². The molecule has 2 aromatic rings. The number of carboxylic acid groups (broad SMARTS) is 1. The molecule has 0 saturated heterocycles. The molecule has 8 nitrogen and oxygen atoms in total. The van der Waals surface area contributed by atoms with E-state index < -0.39 is 30.4 Å². The summed E-state index contributed by atoms with van der Waals surface area (Å²) in [6, 6.07) is 13.2. The van der Waals surface area contributed by atoms with E-state index in [0.717, 1.165) is 10.5 Å². The summed E-state index contributed by atoms with van der Waals surface area (Å²) in [5.41, 5.74) is 1.13. The van der Waals surface area contributed by atoms with Crippen LogP contribution in [-0.2, 0) is 19.1 Å². The van der Waals surface area contributed by atoms with Crippen LogP contribution in [0, 0.1) is 0 Å². The van der Waals surface area contributed by atoms with Crippen LogP contribution in [-0.4, -0.2) is 55.3 Å². The van der Waals surface area contributed by atoms with Gasteiger partial charge in [0.15, 0.2) is 0 Å². The summed E-state index contributed by atoms with van der Waals surface area (Å²) in [5, 5.41) is 12.8. The average Bonchev–Trinajstić information content (AvgIpc) is 2.89. The number of nitrogens with zero attached hydrogens (tertiary/aromatic N) is 1. The van der Waals surface area contributed by atoms with E-state index in [1.807, 2.05) is 30.3 Å². The number of aliphatic carboxylic acids is 1. The summed E-state index contributed by atoms with van der Waals surface area (Å²) in [7, 11) is 0. The number of carbonyl (C=O) groups excluding carboxylic acids is 2. The molecule has 0 saturated carbocycles. The van der Waals surface area contributed by atoms with Gasteiger partial charge in [-0.05, 0) is 43.7 Å². The maximum atomic E-state index is 13.1. The Morgan fingerprint density at radius 1 is 1.28 bits per heavy atom. The fourth-order valence-electron chi connectivity index (χ4n) is 3.57. The number of carbonyl (C=O) groups is 3. The van der Waals surface area contributed by atoms with Gasteiger partial charge in [0.25, 0.3) is 0 Å². The molecular formula is C23H25ClN2O6. The van der Waals surface area contributed by atoms with Gasteiger partial charge < -0.3 is 19.9 Å². The lowest BCUT2D eigenvalue weighted by Gasteiger charge is -2.24. The molecule has 0 radical (unpaired) electrons. The van der Waals surface area contributed by atoms with Crippen LogP contribution in [0.3, 0.4) is 0 Å². The van der Waals surface area contributed by atoms with Gasteiger partial charge in [0, 0.05) is 5.02 Å². The fraction of sp³-hybridized carbons (Fsp3) is 0.348. The SMILES string of the molecule is CCOC(=O)C(CCN[C@H]1COc2ccc(Cl)cc2N(CC(=O)O)C1=O)c1ccccc1. The second kappa shape index (κ2) is 11.0. The Kier molecular flexibility index (Phi) is 8.08. The molecule has 170 valence electrons. The van der Waals surface area contributed by atoms with Crippen LogP contribution in [0.2, 0.25) is 5.02 Å². The van der Waals surface area contributed by atoms with Gasteiger partial charge in [-0.3, -0.25) is 19.3 Å². The van der Waals surface area contributed by atoms with E-state index in [2.05, 4.69) is 5.32 Å². The average molecular weight is 461 g/mol. The zero-order valence-electron chi connectivity index (χ0n) is 17.6. The van der Waals surface area contributed by atoms with Crippen LogP contribution in [0.5, 0.6) is 5.75 Å². The smallest absolute Gasteiger partial charge is 0.323 e. The topological polar surface area (TPSA) is 105 Å². The number of anilines is 1. The predicted octanol–water partition coefficient (Wildman–Crippen LogP) is 2.85. The quantitative estimate of drug-likeness (QED) is 0.554. The number of amides is 1. The normalized spacial score (nSPS) is 16.5. The van der Waals surface area contributed by atoms with Gasteiger partial charge in [0.2, 0.25) is 5.91 Å². The maximum Gasteiger partial charge on any atom is 0.323 e. The lowest BCUT2D eigenvalue weighted by molar-refractivity contribution is -0.145. The van der Waals surface area contributed by atoms with Crippen molar-refractivity contribution in [3.63, 3.8) is 0 Å². The monoisotopic (exact) mass is 460 g/mol. The zero-order valence-corrected chi connectivity index (χ0v) is 18.4. The van der Waals surface area contributed by atoms with E-state index in [1.165, 1.54) is 6.07 Å². The van der Waals surface area contributed by atoms with Crippen molar-refractivity contribution in [2.45, 2.75) is 25.3 Å². The number of carboxylic acids is 1. The second-order valence-corrected chi connectivity index (χ2v) is 7.69. The number of halogens is 1. The zero-order chi connectivity index (χ0) is 23.1. The van der Waals surface area contributed by atoms with Crippen molar-refractivity contribution in [2.75, 3.05) is 31.2 Å². The molecule has 0 fully saturated rings. The second-order valence-electron chi connectivity index (χ2n) is 7.25. The van der Waals surface area contributed by atoms with E-state index in [0.29, 0.717) is 29.4 Å². The van der Waals surface area contributed by atoms with E-state index >= 15 is 0 Å². The van der Waals surface area contributed by atoms with Crippen LogP contribution >= 0.6 is 11.6 Å². The lowest BCUT2D eigenvalue weighted by Crippen LogP contribution is -2.50. The largest absolute Gasteiger partial charge is 0.489 e. The van der Waals surface area contributed by atoms with E-state index in [9.17, 15) is 19.5 Å². The van der Waals surface area contributed by atoms with Crippen molar-refractivity contribution < 1.29 is 29.0 Å². The van der Waals surface area contributed by atoms with Gasteiger partial charge in [-0.25, -0.2) is 0 Å². The number of hydrogen-bond donors (Lipinski definition) is 2. The van der Waals surface area contributed by atoms with Crippen molar-refractivity contribution in [1.29, 1.82) is 0 Å². The summed E-state index contributed by atoms with van der Waals surface area (Å²) >= 11 is 6.05. The van der Waals surface area contributed by atoms with E-state index in [4.69, 9.17) is 21.1 Å². The van der Waals surface area contributed by atoms with E-state index in [1.54, 1.807) is 19.1 Å². The highest BCUT2D eigenvalue weighted by molar-refractivity contribution is 6.31. The molecule has 1 heterocycles. The summed E-state index contributed by atoms with van der Waals surface area (Å²) < 4.78 is 11.0. The molecule has 3 rings (SSSR count). The number of fused-ring (bicyclic) bond motifs is 1. The Bertz CT molecular complexity index is 968. The molecule has 0 bridgehead atoms. The third-order valence-electron chi connectivity index (χ3n) is 5.07. The highest BCUT2D eigenvalue weighted by Gasteiger charge is 2.33. The van der Waals surface area contributed by atoms with Crippen molar-refractivity contribution in [1.82, 2.24) is 5.32 Å². The minimum atomic E-state index is -1.16. The first-order chi connectivity index (χ1) is 15.4. The van der Waals surface area contributed by atoms with Gasteiger partial charge in [0.05, 0.1) is 18.2 Å². The first-order valence-electron chi connectivity index (χ1n) is 10.3. The fourth-order valence-corrected chi connectivity index (χ4v) is 3.74. The Hall–Kier alpha value is -3.10. The Labute approximate surface area is 191 Å². The van der Waals surface area contributed by atoms with Gasteiger partial charge in [-0.1, -0.05) is 41.9 Å². The van der Waals surface area contributed by atoms with E-state index in [-0.39, 0.29) is 19.2 Å². The van der Waals surface area contributed by atoms with Gasteiger partial charge in [-0.2, -0.15) is 0 Å². The summed E-state index contributed by atoms with van der Waals surface area (Å²) in [4.78, 5) is 38.1.